The zero-order valence-corrected chi connectivity index (χ0v) is 15.8. The van der Waals surface area contributed by atoms with E-state index in [1.54, 1.807) is 6.07 Å². The number of aromatic amines is 1. The van der Waals surface area contributed by atoms with Gasteiger partial charge in [-0.2, -0.15) is 8.78 Å². The second kappa shape index (κ2) is 9.18. The maximum atomic E-state index is 12.7. The molecule has 0 bridgehead atoms. The average molecular weight is 405 g/mol. The van der Waals surface area contributed by atoms with E-state index in [1.807, 2.05) is 6.92 Å². The number of nitrogens with zero attached hydrogens (tertiary/aromatic N) is 1. The van der Waals surface area contributed by atoms with Gasteiger partial charge in [0, 0.05) is 11.6 Å². The Morgan fingerprint density at radius 3 is 2.81 bits per heavy atom. The molecule has 1 fully saturated rings. The summed E-state index contributed by atoms with van der Waals surface area (Å²) < 4.78 is 35.1. The van der Waals surface area contributed by atoms with Gasteiger partial charge in [-0.15, -0.1) is 17.5 Å². The molecule has 0 aliphatic carbocycles. The van der Waals surface area contributed by atoms with E-state index in [9.17, 15) is 13.6 Å². The summed E-state index contributed by atoms with van der Waals surface area (Å²) in [4.78, 5) is 11.2. The van der Waals surface area contributed by atoms with Crippen LogP contribution >= 0.6 is 12.4 Å². The van der Waals surface area contributed by atoms with Crippen LogP contribution < -0.4 is 21.1 Å². The van der Waals surface area contributed by atoms with Crippen LogP contribution in [0.15, 0.2) is 27.4 Å². The number of rotatable bonds is 6. The van der Waals surface area contributed by atoms with Crippen LogP contribution in [0.1, 0.15) is 20.3 Å². The number of aromatic nitrogens is 2. The summed E-state index contributed by atoms with van der Waals surface area (Å²) in [6.45, 7) is 3.12. The molecule has 0 unspecified atom stereocenters. The number of anilines is 1. The molecule has 0 amide bonds. The van der Waals surface area contributed by atoms with Crippen molar-refractivity contribution in [3.8, 4) is 17.2 Å². The van der Waals surface area contributed by atoms with Crippen molar-refractivity contribution in [2.75, 3.05) is 18.4 Å². The number of ether oxygens (including phenoxy) is 1. The second-order valence-corrected chi connectivity index (χ2v) is 6.57. The predicted octanol–water partition coefficient (Wildman–Crippen LogP) is 3.10. The summed E-state index contributed by atoms with van der Waals surface area (Å²) in [7, 11) is 0. The van der Waals surface area contributed by atoms with E-state index in [4.69, 9.17) is 4.42 Å². The Morgan fingerprint density at radius 2 is 2.19 bits per heavy atom. The SMILES string of the molecule is C[C@@H]1CNCC[C@@H]1[C@H](C)Nc1cc(-c2n[nH]c(=O)o2)ccc1OC(F)F.Cl. The molecule has 2 aromatic rings. The highest BCUT2D eigenvalue weighted by Gasteiger charge is 2.27. The van der Waals surface area contributed by atoms with Crippen molar-refractivity contribution >= 4 is 18.1 Å². The number of nitrogens with one attached hydrogen (secondary N) is 3. The van der Waals surface area contributed by atoms with E-state index >= 15 is 0 Å². The zero-order valence-electron chi connectivity index (χ0n) is 15.0. The number of benzene rings is 1. The van der Waals surface area contributed by atoms with Crippen molar-refractivity contribution in [1.82, 2.24) is 15.5 Å². The lowest BCUT2D eigenvalue weighted by Gasteiger charge is -2.35. The minimum atomic E-state index is -2.93. The summed E-state index contributed by atoms with van der Waals surface area (Å²) in [5.41, 5.74) is 0.893. The maximum absolute atomic E-state index is 12.7. The molecule has 3 rings (SSSR count). The molecule has 10 heteroatoms. The molecular weight excluding hydrogens is 382 g/mol. The molecule has 1 saturated heterocycles. The number of piperidine rings is 1. The Bertz CT molecular complexity index is 798. The van der Waals surface area contributed by atoms with Crippen molar-refractivity contribution in [2.45, 2.75) is 32.9 Å². The monoisotopic (exact) mass is 404 g/mol. The van der Waals surface area contributed by atoms with Gasteiger partial charge in [0.15, 0.2) is 0 Å². The summed E-state index contributed by atoms with van der Waals surface area (Å²) in [5.74, 6) is 0.291. The molecule has 0 saturated carbocycles. The Morgan fingerprint density at radius 1 is 1.41 bits per heavy atom. The first-order valence-corrected chi connectivity index (χ1v) is 8.56. The van der Waals surface area contributed by atoms with Crippen molar-refractivity contribution in [2.24, 2.45) is 11.8 Å². The van der Waals surface area contributed by atoms with Crippen LogP contribution in [0.25, 0.3) is 11.5 Å². The van der Waals surface area contributed by atoms with Crippen LogP contribution in [0, 0.1) is 11.8 Å². The molecule has 7 nitrogen and oxygen atoms in total. The first kappa shape index (κ1) is 21.2. The predicted molar refractivity (Wildman–Crippen MR) is 99.7 cm³/mol. The maximum Gasteiger partial charge on any atom is 0.434 e. The van der Waals surface area contributed by atoms with E-state index in [-0.39, 0.29) is 30.1 Å². The van der Waals surface area contributed by atoms with E-state index in [0.717, 1.165) is 19.5 Å². The Labute approximate surface area is 161 Å². The highest BCUT2D eigenvalue weighted by molar-refractivity contribution is 5.85. The van der Waals surface area contributed by atoms with Gasteiger partial charge in [-0.3, -0.25) is 0 Å². The Kier molecular flexibility index (Phi) is 7.20. The van der Waals surface area contributed by atoms with Crippen molar-refractivity contribution in [1.29, 1.82) is 0 Å². The van der Waals surface area contributed by atoms with Crippen molar-refractivity contribution in [3.05, 3.63) is 28.7 Å². The minimum absolute atomic E-state index is 0. The molecule has 0 spiro atoms. The molecule has 1 aromatic heterocycles. The quantitative estimate of drug-likeness (QED) is 0.685. The molecule has 27 heavy (non-hydrogen) atoms. The highest BCUT2D eigenvalue weighted by atomic mass is 35.5. The van der Waals surface area contributed by atoms with Crippen molar-refractivity contribution < 1.29 is 17.9 Å². The minimum Gasteiger partial charge on any atom is -0.433 e. The number of H-pyrrole nitrogens is 1. The number of hydrogen-bond acceptors (Lipinski definition) is 6. The fraction of sp³-hybridized carbons (Fsp3) is 0.529. The van der Waals surface area contributed by atoms with Gasteiger partial charge >= 0.3 is 12.4 Å². The third-order valence-corrected chi connectivity index (χ3v) is 4.76. The molecule has 0 radical (unpaired) electrons. The largest absolute Gasteiger partial charge is 0.434 e. The number of hydrogen-bond donors (Lipinski definition) is 3. The standard InChI is InChI=1S/C17H22F2N4O3.ClH/c1-9-8-20-6-5-12(9)10(2)21-13-7-11(15-22-23-17(24)26-15)3-4-14(13)25-16(18)19;/h3-4,7,9-10,12,16,20-21H,5-6,8H2,1-2H3,(H,23,24);1H/t9-,10+,12+;/m1./s1. The van der Waals surface area contributed by atoms with Gasteiger partial charge in [0.1, 0.15) is 5.75 Å². The second-order valence-electron chi connectivity index (χ2n) is 6.57. The lowest BCUT2D eigenvalue weighted by atomic mass is 9.82. The first-order valence-electron chi connectivity index (χ1n) is 8.56. The lowest BCUT2D eigenvalue weighted by molar-refractivity contribution is -0.0494. The first-order chi connectivity index (χ1) is 12.4. The van der Waals surface area contributed by atoms with Gasteiger partial charge in [0.2, 0.25) is 5.89 Å². The number of halogens is 3. The summed E-state index contributed by atoms with van der Waals surface area (Å²) in [6, 6.07) is 4.57. The summed E-state index contributed by atoms with van der Waals surface area (Å²) in [6.07, 6.45) is 0.994. The Balaban J connectivity index is 0.00000261. The van der Waals surface area contributed by atoms with Crippen LogP contribution in [-0.4, -0.2) is 35.9 Å². The van der Waals surface area contributed by atoms with Gasteiger partial charge < -0.3 is 19.8 Å². The normalized spacial score (nSPS) is 20.8. The van der Waals surface area contributed by atoms with Gasteiger partial charge in [-0.25, -0.2) is 9.89 Å². The third kappa shape index (κ3) is 5.20. The fourth-order valence-corrected chi connectivity index (χ4v) is 3.46. The molecule has 150 valence electrons. The Hall–Kier alpha value is -2.13. The number of alkyl halides is 2. The molecule has 1 aliphatic heterocycles. The van der Waals surface area contributed by atoms with Gasteiger partial charge in [0.05, 0.1) is 5.69 Å². The van der Waals surface area contributed by atoms with E-state index in [2.05, 4.69) is 32.5 Å². The zero-order chi connectivity index (χ0) is 18.7. The summed E-state index contributed by atoms with van der Waals surface area (Å²) in [5, 5.41) is 12.6. The van der Waals surface area contributed by atoms with Crippen LogP contribution in [0.4, 0.5) is 14.5 Å². The highest BCUT2D eigenvalue weighted by Crippen LogP contribution is 2.33. The molecule has 3 N–H and O–H groups in total. The van der Waals surface area contributed by atoms with Crippen LogP contribution in [0.3, 0.4) is 0 Å². The molecular formula is C17H23ClF2N4O3. The van der Waals surface area contributed by atoms with Gasteiger partial charge in [-0.1, -0.05) is 6.92 Å². The van der Waals surface area contributed by atoms with Crippen LogP contribution in [0.5, 0.6) is 5.75 Å². The van der Waals surface area contributed by atoms with Gasteiger partial charge in [0.25, 0.3) is 0 Å². The molecule has 1 aromatic carbocycles. The third-order valence-electron chi connectivity index (χ3n) is 4.76. The van der Waals surface area contributed by atoms with Gasteiger partial charge in [-0.05, 0) is 56.5 Å². The van der Waals surface area contributed by atoms with E-state index in [1.165, 1.54) is 12.1 Å². The topological polar surface area (TPSA) is 92.2 Å². The van der Waals surface area contributed by atoms with E-state index in [0.29, 0.717) is 23.1 Å². The molecule has 1 aliphatic rings. The average Bonchev–Trinajstić information content (AvgIpc) is 3.03. The molecule has 2 heterocycles. The van der Waals surface area contributed by atoms with Crippen molar-refractivity contribution in [3.63, 3.8) is 0 Å². The summed E-state index contributed by atoms with van der Waals surface area (Å²) >= 11 is 0. The smallest absolute Gasteiger partial charge is 0.433 e. The molecule has 3 atom stereocenters. The van der Waals surface area contributed by atoms with Crippen LogP contribution in [-0.2, 0) is 0 Å². The van der Waals surface area contributed by atoms with Crippen LogP contribution in [0.2, 0.25) is 0 Å². The fourth-order valence-electron chi connectivity index (χ4n) is 3.46. The van der Waals surface area contributed by atoms with E-state index < -0.39 is 12.4 Å². The lowest BCUT2D eigenvalue weighted by Crippen LogP contribution is -2.42.